The maximum atomic E-state index is 11.5. The first-order chi connectivity index (χ1) is 7.81. The van der Waals surface area contributed by atoms with Crippen LogP contribution >= 0.6 is 0 Å². The quantitative estimate of drug-likeness (QED) is 0.547. The van der Waals surface area contributed by atoms with Gasteiger partial charge in [0.25, 0.3) is 0 Å². The molecule has 0 aliphatic carbocycles. The molecule has 5 nitrogen and oxygen atoms in total. The molecule has 0 radical (unpaired) electrons. The summed E-state index contributed by atoms with van der Waals surface area (Å²) in [5.41, 5.74) is 6.70. The van der Waals surface area contributed by atoms with Crippen LogP contribution in [0.5, 0.6) is 0 Å². The van der Waals surface area contributed by atoms with E-state index in [-0.39, 0.29) is 2.85 Å². The molecule has 1 amide bonds. The van der Waals surface area contributed by atoms with Crippen molar-refractivity contribution in [2.75, 3.05) is 11.1 Å². The third-order valence-electron chi connectivity index (χ3n) is 1.89. The molecule has 0 heterocycles. The van der Waals surface area contributed by atoms with E-state index in [1.807, 2.05) is 0 Å². The highest BCUT2D eigenvalue weighted by Gasteiger charge is 2.16. The SMILES string of the molecule is CC(C)(C)OC(=O)Nc1ccc(N)c(C=N)c1.[HH].[HH]. The Morgan fingerprint density at radius 1 is 1.53 bits per heavy atom. The fourth-order valence-electron chi connectivity index (χ4n) is 1.20. The second-order valence-corrected chi connectivity index (χ2v) is 4.61. The van der Waals surface area contributed by atoms with Gasteiger partial charge in [-0.3, -0.25) is 5.32 Å². The Morgan fingerprint density at radius 3 is 2.71 bits per heavy atom. The lowest BCUT2D eigenvalue weighted by Gasteiger charge is -2.19. The number of benzene rings is 1. The van der Waals surface area contributed by atoms with Crippen molar-refractivity contribution >= 4 is 23.7 Å². The van der Waals surface area contributed by atoms with Crippen molar-refractivity contribution in [3.8, 4) is 0 Å². The zero-order valence-electron chi connectivity index (χ0n) is 10.2. The van der Waals surface area contributed by atoms with Gasteiger partial charge in [0.1, 0.15) is 5.60 Å². The van der Waals surface area contributed by atoms with E-state index in [1.54, 1.807) is 39.0 Å². The molecule has 4 N–H and O–H groups in total. The number of carbonyl (C=O) groups excluding carboxylic acids is 1. The van der Waals surface area contributed by atoms with Gasteiger partial charge in [-0.2, -0.15) is 0 Å². The molecular weight excluding hydrogens is 218 g/mol. The lowest BCUT2D eigenvalue weighted by molar-refractivity contribution is 0.0636. The van der Waals surface area contributed by atoms with Gasteiger partial charge in [0.2, 0.25) is 0 Å². The van der Waals surface area contributed by atoms with E-state index in [9.17, 15) is 4.79 Å². The van der Waals surface area contributed by atoms with Crippen LogP contribution in [0.25, 0.3) is 0 Å². The first-order valence-corrected chi connectivity index (χ1v) is 5.22. The molecule has 0 aromatic heterocycles. The van der Waals surface area contributed by atoms with Crippen LogP contribution in [0.15, 0.2) is 18.2 Å². The maximum absolute atomic E-state index is 11.5. The Kier molecular flexibility index (Phi) is 3.73. The molecule has 0 saturated carbocycles. The molecule has 0 saturated heterocycles. The largest absolute Gasteiger partial charge is 0.444 e. The maximum Gasteiger partial charge on any atom is 0.412 e. The van der Waals surface area contributed by atoms with Crippen molar-refractivity contribution in [2.24, 2.45) is 0 Å². The Morgan fingerprint density at radius 2 is 2.18 bits per heavy atom. The predicted octanol–water partition coefficient (Wildman–Crippen LogP) is 3.11. The molecule has 0 spiro atoms. The van der Waals surface area contributed by atoms with E-state index >= 15 is 0 Å². The minimum absolute atomic E-state index is 0. The zero-order chi connectivity index (χ0) is 13.1. The number of hydrogen-bond acceptors (Lipinski definition) is 4. The summed E-state index contributed by atoms with van der Waals surface area (Å²) in [6.45, 7) is 5.37. The molecule has 0 fully saturated rings. The third kappa shape index (κ3) is 4.14. The van der Waals surface area contributed by atoms with Gasteiger partial charge in [-0.1, -0.05) is 0 Å². The van der Waals surface area contributed by atoms with E-state index in [0.717, 1.165) is 6.21 Å². The van der Waals surface area contributed by atoms with Gasteiger partial charge in [-0.25, -0.2) is 4.79 Å². The summed E-state index contributed by atoms with van der Waals surface area (Å²) >= 11 is 0. The summed E-state index contributed by atoms with van der Waals surface area (Å²) < 4.78 is 5.11. The number of amides is 1. The molecule has 0 aliphatic rings. The average Bonchev–Trinajstić information content (AvgIpc) is 2.18. The lowest BCUT2D eigenvalue weighted by atomic mass is 10.2. The molecule has 5 heteroatoms. The fourth-order valence-corrected chi connectivity index (χ4v) is 1.20. The zero-order valence-corrected chi connectivity index (χ0v) is 10.2. The number of hydrogen-bond donors (Lipinski definition) is 3. The number of nitrogen functional groups attached to an aromatic ring is 1. The average molecular weight is 239 g/mol. The molecular formula is C12H21N3O2. The number of rotatable bonds is 2. The Bertz CT molecular complexity index is 445. The minimum Gasteiger partial charge on any atom is -0.444 e. The van der Waals surface area contributed by atoms with Gasteiger partial charge in [0.15, 0.2) is 0 Å². The molecule has 1 rings (SSSR count). The van der Waals surface area contributed by atoms with E-state index in [4.69, 9.17) is 15.9 Å². The predicted molar refractivity (Wildman–Crippen MR) is 72.8 cm³/mol. The highest BCUT2D eigenvalue weighted by molar-refractivity contribution is 5.90. The summed E-state index contributed by atoms with van der Waals surface area (Å²) in [6.07, 6.45) is 0.605. The van der Waals surface area contributed by atoms with Gasteiger partial charge in [-0.15, -0.1) is 0 Å². The summed E-state index contributed by atoms with van der Waals surface area (Å²) in [6, 6.07) is 4.91. The van der Waals surface area contributed by atoms with Crippen LogP contribution in [0, 0.1) is 5.41 Å². The van der Waals surface area contributed by atoms with Gasteiger partial charge >= 0.3 is 6.09 Å². The van der Waals surface area contributed by atoms with E-state index in [1.165, 1.54) is 0 Å². The molecule has 17 heavy (non-hydrogen) atoms. The highest BCUT2D eigenvalue weighted by Crippen LogP contribution is 2.17. The normalized spacial score (nSPS) is 10.8. The molecule has 0 bridgehead atoms. The monoisotopic (exact) mass is 239 g/mol. The standard InChI is InChI=1S/C12H17N3O2.2H2/c1-12(2,3)17-11(16)15-9-4-5-10(14)8(6-9)7-13;;/h4-7,13H,14H2,1-3H3,(H,15,16);2*1H. The van der Waals surface area contributed by atoms with Crippen molar-refractivity contribution in [2.45, 2.75) is 26.4 Å². The summed E-state index contributed by atoms with van der Waals surface area (Å²) in [5.74, 6) is 0. The number of nitrogens with two attached hydrogens (primary N) is 1. The molecule has 0 unspecified atom stereocenters. The Hall–Kier alpha value is -2.04. The van der Waals surface area contributed by atoms with E-state index in [0.29, 0.717) is 16.9 Å². The van der Waals surface area contributed by atoms with Crippen LogP contribution in [0.2, 0.25) is 0 Å². The molecule has 0 aliphatic heterocycles. The van der Waals surface area contributed by atoms with Crippen LogP contribution in [-0.2, 0) is 4.74 Å². The van der Waals surface area contributed by atoms with Crippen LogP contribution in [0.3, 0.4) is 0 Å². The number of ether oxygens (including phenoxy) is 1. The summed E-state index contributed by atoms with van der Waals surface area (Å²) in [7, 11) is 0. The van der Waals surface area contributed by atoms with Gasteiger partial charge in [0, 0.05) is 26.0 Å². The Labute approximate surface area is 103 Å². The van der Waals surface area contributed by atoms with Crippen molar-refractivity contribution in [3.63, 3.8) is 0 Å². The number of carbonyl (C=O) groups is 1. The fraction of sp³-hybridized carbons (Fsp3) is 0.333. The van der Waals surface area contributed by atoms with Gasteiger partial charge in [0.05, 0.1) is 0 Å². The molecule has 1 aromatic rings. The van der Waals surface area contributed by atoms with E-state index < -0.39 is 11.7 Å². The lowest BCUT2D eigenvalue weighted by Crippen LogP contribution is -2.27. The van der Waals surface area contributed by atoms with Gasteiger partial charge in [-0.05, 0) is 39.0 Å². The van der Waals surface area contributed by atoms with Crippen molar-refractivity contribution in [1.82, 2.24) is 0 Å². The van der Waals surface area contributed by atoms with Crippen LogP contribution in [0.4, 0.5) is 16.2 Å². The first-order valence-electron chi connectivity index (χ1n) is 5.22. The van der Waals surface area contributed by atoms with Crippen LogP contribution in [0.1, 0.15) is 29.2 Å². The smallest absolute Gasteiger partial charge is 0.412 e. The number of anilines is 2. The van der Waals surface area contributed by atoms with Crippen molar-refractivity contribution < 1.29 is 12.4 Å². The van der Waals surface area contributed by atoms with E-state index in [2.05, 4.69) is 5.32 Å². The summed E-state index contributed by atoms with van der Waals surface area (Å²) in [4.78, 5) is 11.5. The first kappa shape index (κ1) is 13.0. The second-order valence-electron chi connectivity index (χ2n) is 4.61. The number of nitrogens with one attached hydrogen (secondary N) is 2. The van der Waals surface area contributed by atoms with Crippen LogP contribution < -0.4 is 11.1 Å². The molecule has 96 valence electrons. The molecule has 1 aromatic carbocycles. The summed E-state index contributed by atoms with van der Waals surface area (Å²) in [5, 5.41) is 9.74. The van der Waals surface area contributed by atoms with Crippen molar-refractivity contribution in [1.29, 1.82) is 5.41 Å². The second kappa shape index (κ2) is 4.86. The van der Waals surface area contributed by atoms with Crippen molar-refractivity contribution in [3.05, 3.63) is 23.8 Å². The highest BCUT2D eigenvalue weighted by atomic mass is 16.6. The Balaban J connectivity index is 0. The van der Waals surface area contributed by atoms with Gasteiger partial charge < -0.3 is 15.9 Å². The topological polar surface area (TPSA) is 88.2 Å². The molecule has 0 atom stereocenters. The third-order valence-corrected chi connectivity index (χ3v) is 1.89. The van der Waals surface area contributed by atoms with Crippen LogP contribution in [-0.4, -0.2) is 17.9 Å². The minimum atomic E-state index is -0.539.